The van der Waals surface area contributed by atoms with E-state index in [-0.39, 0.29) is 5.92 Å². The van der Waals surface area contributed by atoms with Crippen molar-refractivity contribution in [1.82, 2.24) is 9.97 Å². The topological polar surface area (TPSA) is 70.1 Å². The number of aromatic nitrogens is 2. The number of nitrogens with one attached hydrogen (secondary N) is 2. The van der Waals surface area contributed by atoms with E-state index in [2.05, 4.69) is 41.4 Å². The molecular formula is C16H30N4O. The lowest BCUT2D eigenvalue weighted by Crippen LogP contribution is -2.35. The van der Waals surface area contributed by atoms with Crippen molar-refractivity contribution in [3.05, 3.63) is 11.9 Å². The molecular weight excluding hydrogens is 264 g/mol. The third-order valence-electron chi connectivity index (χ3n) is 3.73. The maximum atomic E-state index is 10.4. The second kappa shape index (κ2) is 8.17. The first-order valence-corrected chi connectivity index (χ1v) is 8.03. The maximum absolute atomic E-state index is 10.4. The van der Waals surface area contributed by atoms with Crippen LogP contribution in [0.25, 0.3) is 0 Å². The molecule has 21 heavy (non-hydrogen) atoms. The van der Waals surface area contributed by atoms with E-state index in [0.29, 0.717) is 6.54 Å². The molecule has 0 aliphatic rings. The summed E-state index contributed by atoms with van der Waals surface area (Å²) in [6.07, 6.45) is 2.49. The van der Waals surface area contributed by atoms with Gasteiger partial charge in [0.25, 0.3) is 0 Å². The number of hydrogen-bond acceptors (Lipinski definition) is 5. The summed E-state index contributed by atoms with van der Waals surface area (Å²) in [4.78, 5) is 9.07. The molecule has 5 nitrogen and oxygen atoms in total. The highest BCUT2D eigenvalue weighted by Crippen LogP contribution is 2.19. The van der Waals surface area contributed by atoms with Crippen LogP contribution in [0.4, 0.5) is 11.6 Å². The highest BCUT2D eigenvalue weighted by atomic mass is 16.3. The molecule has 0 amide bonds. The van der Waals surface area contributed by atoms with Crippen molar-refractivity contribution in [3.63, 3.8) is 0 Å². The van der Waals surface area contributed by atoms with Crippen LogP contribution in [0.5, 0.6) is 0 Å². The highest BCUT2D eigenvalue weighted by Gasteiger charge is 2.22. The summed E-state index contributed by atoms with van der Waals surface area (Å²) < 4.78 is 0. The van der Waals surface area contributed by atoms with Crippen LogP contribution < -0.4 is 10.6 Å². The molecule has 0 aromatic carbocycles. The number of anilines is 2. The van der Waals surface area contributed by atoms with Crippen molar-refractivity contribution in [2.45, 2.75) is 65.4 Å². The molecule has 3 N–H and O–H groups in total. The van der Waals surface area contributed by atoms with Gasteiger partial charge in [-0.15, -0.1) is 0 Å². The summed E-state index contributed by atoms with van der Waals surface area (Å²) in [5.74, 6) is 2.70. The minimum absolute atomic E-state index is 0.269. The largest absolute Gasteiger partial charge is 0.388 e. The summed E-state index contributed by atoms with van der Waals surface area (Å²) in [6.45, 7) is 11.7. The summed E-state index contributed by atoms with van der Waals surface area (Å²) in [7, 11) is 0. The van der Waals surface area contributed by atoms with Gasteiger partial charge in [-0.1, -0.05) is 34.6 Å². The molecule has 1 rings (SSSR count). The zero-order valence-corrected chi connectivity index (χ0v) is 14.0. The van der Waals surface area contributed by atoms with Crippen LogP contribution in [0.2, 0.25) is 0 Å². The molecule has 1 aromatic heterocycles. The van der Waals surface area contributed by atoms with E-state index in [0.717, 1.165) is 43.3 Å². The normalized spacial score (nSPS) is 11.8. The van der Waals surface area contributed by atoms with E-state index in [1.165, 1.54) is 0 Å². The van der Waals surface area contributed by atoms with Gasteiger partial charge in [-0.25, -0.2) is 9.97 Å². The molecule has 0 atom stereocenters. The SMILES string of the molecule is CCCNc1cc(NCC(O)(CC)CC)nc(C(C)C)n1. The molecule has 0 aliphatic carbocycles. The van der Waals surface area contributed by atoms with Crippen LogP contribution in [0.3, 0.4) is 0 Å². The predicted molar refractivity (Wildman–Crippen MR) is 88.9 cm³/mol. The minimum Gasteiger partial charge on any atom is -0.388 e. The smallest absolute Gasteiger partial charge is 0.135 e. The Morgan fingerprint density at radius 1 is 1.10 bits per heavy atom. The first-order chi connectivity index (χ1) is 9.94. The van der Waals surface area contributed by atoms with Gasteiger partial charge in [0.1, 0.15) is 17.5 Å². The molecule has 0 unspecified atom stereocenters. The van der Waals surface area contributed by atoms with Gasteiger partial charge in [-0.05, 0) is 19.3 Å². The van der Waals surface area contributed by atoms with Gasteiger partial charge in [-0.3, -0.25) is 0 Å². The lowest BCUT2D eigenvalue weighted by molar-refractivity contribution is 0.0456. The van der Waals surface area contributed by atoms with Crippen molar-refractivity contribution in [2.24, 2.45) is 0 Å². The van der Waals surface area contributed by atoms with E-state index in [1.807, 2.05) is 19.9 Å². The summed E-state index contributed by atoms with van der Waals surface area (Å²) >= 11 is 0. The maximum Gasteiger partial charge on any atom is 0.135 e. The minimum atomic E-state index is -0.681. The molecule has 120 valence electrons. The fourth-order valence-corrected chi connectivity index (χ4v) is 1.91. The Hall–Kier alpha value is -1.36. The number of rotatable bonds is 9. The van der Waals surface area contributed by atoms with Crippen molar-refractivity contribution < 1.29 is 5.11 Å². The van der Waals surface area contributed by atoms with Crippen LogP contribution in [0.15, 0.2) is 6.07 Å². The van der Waals surface area contributed by atoms with Gasteiger partial charge in [0.2, 0.25) is 0 Å². The van der Waals surface area contributed by atoms with Gasteiger partial charge >= 0.3 is 0 Å². The Labute approximate surface area is 128 Å². The van der Waals surface area contributed by atoms with Crippen LogP contribution in [-0.2, 0) is 0 Å². The van der Waals surface area contributed by atoms with E-state index in [1.54, 1.807) is 0 Å². The Bertz CT molecular complexity index is 430. The van der Waals surface area contributed by atoms with Gasteiger partial charge in [0, 0.05) is 25.1 Å². The van der Waals surface area contributed by atoms with E-state index in [4.69, 9.17) is 0 Å². The van der Waals surface area contributed by atoms with Gasteiger partial charge in [0.15, 0.2) is 0 Å². The summed E-state index contributed by atoms with van der Waals surface area (Å²) in [5, 5.41) is 16.9. The Morgan fingerprint density at radius 2 is 1.67 bits per heavy atom. The summed E-state index contributed by atoms with van der Waals surface area (Å²) in [6, 6.07) is 1.91. The van der Waals surface area contributed by atoms with Crippen LogP contribution >= 0.6 is 0 Å². The average molecular weight is 294 g/mol. The van der Waals surface area contributed by atoms with Crippen molar-refractivity contribution in [2.75, 3.05) is 23.7 Å². The molecule has 0 aliphatic heterocycles. The molecule has 0 radical (unpaired) electrons. The number of nitrogens with zero attached hydrogens (tertiary/aromatic N) is 2. The first-order valence-electron chi connectivity index (χ1n) is 8.03. The van der Waals surface area contributed by atoms with Gasteiger partial charge in [-0.2, -0.15) is 0 Å². The fourth-order valence-electron chi connectivity index (χ4n) is 1.91. The second-order valence-electron chi connectivity index (χ2n) is 5.86. The Kier molecular flexibility index (Phi) is 6.89. The Morgan fingerprint density at radius 3 is 2.14 bits per heavy atom. The molecule has 0 saturated carbocycles. The number of hydrogen-bond donors (Lipinski definition) is 3. The molecule has 0 saturated heterocycles. The molecule has 0 spiro atoms. The molecule has 0 bridgehead atoms. The zero-order valence-electron chi connectivity index (χ0n) is 14.0. The average Bonchev–Trinajstić information content (AvgIpc) is 2.50. The van der Waals surface area contributed by atoms with E-state index < -0.39 is 5.60 Å². The molecule has 0 fully saturated rings. The van der Waals surface area contributed by atoms with Crippen molar-refractivity contribution in [3.8, 4) is 0 Å². The quantitative estimate of drug-likeness (QED) is 0.651. The van der Waals surface area contributed by atoms with Crippen molar-refractivity contribution in [1.29, 1.82) is 0 Å². The molecule has 1 aromatic rings. The van der Waals surface area contributed by atoms with Crippen LogP contribution in [0.1, 0.15) is 65.6 Å². The standard InChI is InChI=1S/C16H30N4O/c1-6-9-17-13-10-14(20-15(19-13)12(4)5)18-11-16(21,7-2)8-3/h10,12,21H,6-9,11H2,1-5H3,(H2,17,18,19,20). The Balaban J connectivity index is 2.87. The highest BCUT2D eigenvalue weighted by molar-refractivity contribution is 5.48. The van der Waals surface area contributed by atoms with Gasteiger partial charge < -0.3 is 15.7 Å². The van der Waals surface area contributed by atoms with E-state index >= 15 is 0 Å². The second-order valence-corrected chi connectivity index (χ2v) is 5.86. The lowest BCUT2D eigenvalue weighted by atomic mass is 9.98. The third-order valence-corrected chi connectivity index (χ3v) is 3.73. The number of aliphatic hydroxyl groups is 1. The first kappa shape index (κ1) is 17.7. The zero-order chi connectivity index (χ0) is 15.9. The third kappa shape index (κ3) is 5.50. The monoisotopic (exact) mass is 294 g/mol. The van der Waals surface area contributed by atoms with E-state index in [9.17, 15) is 5.11 Å². The summed E-state index contributed by atoms with van der Waals surface area (Å²) in [5.41, 5.74) is -0.681. The van der Waals surface area contributed by atoms with Crippen LogP contribution in [0, 0.1) is 0 Å². The lowest BCUT2D eigenvalue weighted by Gasteiger charge is -2.26. The van der Waals surface area contributed by atoms with Crippen molar-refractivity contribution >= 4 is 11.6 Å². The van der Waals surface area contributed by atoms with Crippen LogP contribution in [-0.4, -0.2) is 33.8 Å². The fraction of sp³-hybridized carbons (Fsp3) is 0.750. The van der Waals surface area contributed by atoms with Gasteiger partial charge in [0.05, 0.1) is 5.60 Å². The molecule has 5 heteroatoms. The predicted octanol–water partition coefficient (Wildman–Crippen LogP) is 3.38. The molecule has 1 heterocycles.